The van der Waals surface area contributed by atoms with Crippen LogP contribution in [-0.4, -0.2) is 0 Å². The second-order valence-corrected chi connectivity index (χ2v) is 15.5. The van der Waals surface area contributed by atoms with E-state index in [2.05, 4.69) is 206 Å². The highest BCUT2D eigenvalue weighted by Crippen LogP contribution is 2.47. The van der Waals surface area contributed by atoms with Crippen LogP contribution < -0.4 is 0 Å². The number of rotatable bonds is 5. The monoisotopic (exact) mass is 736 g/mol. The van der Waals surface area contributed by atoms with Gasteiger partial charge in [0, 0.05) is 16.3 Å². The van der Waals surface area contributed by atoms with E-state index in [1.54, 1.807) is 0 Å². The van der Waals surface area contributed by atoms with Crippen molar-refractivity contribution < 1.29 is 4.42 Å². The van der Waals surface area contributed by atoms with Gasteiger partial charge in [-0.15, -0.1) is 0 Å². The third-order valence-electron chi connectivity index (χ3n) is 12.4. The van der Waals surface area contributed by atoms with E-state index < -0.39 is 0 Å². The maximum absolute atomic E-state index is 6.89. The van der Waals surface area contributed by atoms with Gasteiger partial charge in [-0.25, -0.2) is 0 Å². The summed E-state index contributed by atoms with van der Waals surface area (Å²) in [7, 11) is 0. The van der Waals surface area contributed by atoms with Crippen LogP contribution >= 0.6 is 0 Å². The maximum Gasteiger partial charge on any atom is 0.143 e. The van der Waals surface area contributed by atoms with Gasteiger partial charge < -0.3 is 4.42 Å². The van der Waals surface area contributed by atoms with Crippen LogP contribution in [0.1, 0.15) is 11.1 Å². The van der Waals surface area contributed by atoms with E-state index in [1.807, 2.05) is 0 Å². The Morgan fingerprint density at radius 3 is 1.62 bits per heavy atom. The second kappa shape index (κ2) is 13.0. The van der Waals surface area contributed by atoms with Crippen LogP contribution in [0.25, 0.3) is 109 Å². The lowest BCUT2D eigenvalue weighted by Crippen LogP contribution is -1.98. The summed E-state index contributed by atoms with van der Waals surface area (Å²) in [5.41, 5.74) is 11.7. The molecule has 1 heterocycles. The standard InChI is InChI=1S/C57H36O/c1-4-20-39-36(16-1)19-13-29-43(39)49-30-14-32-51-56-50(31-15-33-54(56)58-57(49)51)55-47-27-11-9-25-45(47)53(46-26-10-12-28-48(46)55)35-38-18-3-6-22-41(38)52-34-37-17-2-5-21-40(37)42-23-7-8-24-44(42)52/h1-34H,35H2. The van der Waals surface area contributed by atoms with Gasteiger partial charge in [-0.05, 0) is 111 Å². The van der Waals surface area contributed by atoms with Crippen molar-refractivity contribution in [2.75, 3.05) is 0 Å². The molecule has 1 nitrogen and oxygen atoms in total. The van der Waals surface area contributed by atoms with Gasteiger partial charge >= 0.3 is 0 Å². The molecule has 0 atom stereocenters. The first-order valence-corrected chi connectivity index (χ1v) is 20.1. The van der Waals surface area contributed by atoms with E-state index in [-0.39, 0.29) is 0 Å². The molecular formula is C57H36O. The van der Waals surface area contributed by atoms with E-state index in [0.717, 1.165) is 33.9 Å². The van der Waals surface area contributed by atoms with Gasteiger partial charge in [0.25, 0.3) is 0 Å². The lowest BCUT2D eigenvalue weighted by Gasteiger charge is -2.20. The van der Waals surface area contributed by atoms with Crippen LogP contribution in [-0.2, 0) is 6.42 Å². The molecule has 0 saturated heterocycles. The molecule has 1 heteroatoms. The zero-order valence-electron chi connectivity index (χ0n) is 31.7. The lowest BCUT2D eigenvalue weighted by molar-refractivity contribution is 0.670. The molecule has 0 bridgehead atoms. The third kappa shape index (κ3) is 4.97. The molecule has 11 aromatic carbocycles. The summed E-state index contributed by atoms with van der Waals surface area (Å²) in [6.45, 7) is 0. The number of fused-ring (bicyclic) bond motifs is 9. The van der Waals surface area contributed by atoms with Crippen molar-refractivity contribution in [2.24, 2.45) is 0 Å². The maximum atomic E-state index is 6.89. The molecule has 0 aliphatic heterocycles. The molecule has 0 spiro atoms. The molecule has 0 fully saturated rings. The first-order valence-electron chi connectivity index (χ1n) is 20.1. The largest absolute Gasteiger partial charge is 0.455 e. The van der Waals surface area contributed by atoms with Gasteiger partial charge in [-0.2, -0.15) is 0 Å². The Kier molecular flexibility index (Phi) is 7.36. The SMILES string of the molecule is c1ccc(-c2cc3ccccc3c3ccccc23)c(Cc2c3ccccc3c(-c3cccc4oc5c(-c6cccc7ccccc67)cccc5c34)c3ccccc23)c1. The predicted molar refractivity (Wildman–Crippen MR) is 247 cm³/mol. The minimum Gasteiger partial charge on any atom is -0.455 e. The van der Waals surface area contributed by atoms with E-state index in [4.69, 9.17) is 4.42 Å². The fourth-order valence-corrected chi connectivity index (χ4v) is 9.83. The van der Waals surface area contributed by atoms with Crippen molar-refractivity contribution in [2.45, 2.75) is 6.42 Å². The van der Waals surface area contributed by atoms with Crippen LogP contribution in [0.2, 0.25) is 0 Å². The Morgan fingerprint density at radius 2 is 0.828 bits per heavy atom. The molecular weight excluding hydrogens is 701 g/mol. The van der Waals surface area contributed by atoms with Crippen molar-refractivity contribution >= 4 is 75.8 Å². The van der Waals surface area contributed by atoms with Crippen LogP contribution in [0.5, 0.6) is 0 Å². The van der Waals surface area contributed by atoms with Crippen molar-refractivity contribution in [1.29, 1.82) is 0 Å². The molecule has 0 N–H and O–H groups in total. The average Bonchev–Trinajstić information content (AvgIpc) is 3.68. The zero-order chi connectivity index (χ0) is 38.2. The molecule has 270 valence electrons. The Bertz CT molecular complexity index is 3540. The Labute approximate surface area is 336 Å². The number of hydrogen-bond acceptors (Lipinski definition) is 1. The number of hydrogen-bond donors (Lipinski definition) is 0. The van der Waals surface area contributed by atoms with Crippen LogP contribution in [0.15, 0.2) is 211 Å². The summed E-state index contributed by atoms with van der Waals surface area (Å²) in [6.07, 6.45) is 0.797. The van der Waals surface area contributed by atoms with E-state index in [1.165, 1.54) is 92.8 Å². The Hall–Kier alpha value is -7.48. The summed E-state index contributed by atoms with van der Waals surface area (Å²) in [5.74, 6) is 0. The van der Waals surface area contributed by atoms with Crippen molar-refractivity contribution in [3.63, 3.8) is 0 Å². The normalized spacial score (nSPS) is 11.9. The quantitative estimate of drug-likeness (QED) is 0.127. The first-order chi connectivity index (χ1) is 28.8. The Morgan fingerprint density at radius 1 is 0.310 bits per heavy atom. The predicted octanol–water partition coefficient (Wildman–Crippen LogP) is 15.9. The fourth-order valence-electron chi connectivity index (χ4n) is 9.83. The third-order valence-corrected chi connectivity index (χ3v) is 12.4. The molecule has 0 unspecified atom stereocenters. The van der Waals surface area contributed by atoms with Crippen molar-refractivity contribution in [3.8, 4) is 33.4 Å². The number of benzene rings is 11. The van der Waals surface area contributed by atoms with Crippen molar-refractivity contribution in [1.82, 2.24) is 0 Å². The molecule has 0 saturated carbocycles. The molecule has 0 radical (unpaired) electrons. The van der Waals surface area contributed by atoms with Crippen LogP contribution in [0.3, 0.4) is 0 Å². The van der Waals surface area contributed by atoms with Gasteiger partial charge in [0.1, 0.15) is 11.2 Å². The van der Waals surface area contributed by atoms with E-state index in [9.17, 15) is 0 Å². The minimum absolute atomic E-state index is 0.797. The van der Waals surface area contributed by atoms with Gasteiger partial charge in [-0.1, -0.05) is 194 Å². The molecule has 12 rings (SSSR count). The Balaban J connectivity index is 1.08. The van der Waals surface area contributed by atoms with Crippen molar-refractivity contribution in [3.05, 3.63) is 217 Å². The minimum atomic E-state index is 0.797. The summed E-state index contributed by atoms with van der Waals surface area (Å²) >= 11 is 0. The highest BCUT2D eigenvalue weighted by Gasteiger charge is 2.22. The number of para-hydroxylation sites is 1. The lowest BCUT2D eigenvalue weighted by atomic mass is 9.83. The van der Waals surface area contributed by atoms with Gasteiger partial charge in [0.2, 0.25) is 0 Å². The van der Waals surface area contributed by atoms with E-state index >= 15 is 0 Å². The smallest absolute Gasteiger partial charge is 0.143 e. The number of furan rings is 1. The molecule has 0 amide bonds. The first kappa shape index (κ1) is 32.7. The molecule has 12 aromatic rings. The second-order valence-electron chi connectivity index (χ2n) is 15.5. The highest BCUT2D eigenvalue weighted by atomic mass is 16.3. The molecule has 0 aliphatic rings. The summed E-state index contributed by atoms with van der Waals surface area (Å²) in [5, 5.41) is 14.9. The molecule has 1 aromatic heterocycles. The average molecular weight is 737 g/mol. The highest BCUT2D eigenvalue weighted by molar-refractivity contribution is 6.24. The van der Waals surface area contributed by atoms with E-state index in [0.29, 0.717) is 0 Å². The molecule has 0 aliphatic carbocycles. The summed E-state index contributed by atoms with van der Waals surface area (Å²) < 4.78 is 6.89. The van der Waals surface area contributed by atoms with Gasteiger partial charge in [0.15, 0.2) is 0 Å². The summed E-state index contributed by atoms with van der Waals surface area (Å²) in [6, 6.07) is 75.3. The van der Waals surface area contributed by atoms with Crippen LogP contribution in [0.4, 0.5) is 0 Å². The fraction of sp³-hybridized carbons (Fsp3) is 0.0175. The summed E-state index contributed by atoms with van der Waals surface area (Å²) in [4.78, 5) is 0. The zero-order valence-corrected chi connectivity index (χ0v) is 31.7. The molecule has 58 heavy (non-hydrogen) atoms. The van der Waals surface area contributed by atoms with Gasteiger partial charge in [0.05, 0.1) is 0 Å². The topological polar surface area (TPSA) is 13.1 Å². The van der Waals surface area contributed by atoms with Crippen LogP contribution in [0, 0.1) is 0 Å². The van der Waals surface area contributed by atoms with Gasteiger partial charge in [-0.3, -0.25) is 0 Å².